The van der Waals surface area contributed by atoms with Crippen LogP contribution in [0.4, 0.5) is 0 Å². The number of benzene rings is 6. The minimum Gasteiger partial charge on any atom is -0.256 e. The number of para-hydroxylation sites is 2. The van der Waals surface area contributed by atoms with Gasteiger partial charge < -0.3 is 0 Å². The maximum absolute atomic E-state index is 4.93. The van der Waals surface area contributed by atoms with Crippen LogP contribution in [0.2, 0.25) is 13.1 Å². The molecule has 2 heterocycles. The fourth-order valence-corrected chi connectivity index (χ4v) is 7.00. The van der Waals surface area contributed by atoms with Crippen molar-refractivity contribution in [3.05, 3.63) is 194 Å². The van der Waals surface area contributed by atoms with E-state index in [0.717, 1.165) is 31.7 Å². The van der Waals surface area contributed by atoms with Crippen molar-refractivity contribution in [2.24, 2.45) is 0 Å². The number of aromatic nitrogens is 2. The Bertz CT molecular complexity index is 2620. The molecule has 6 heteroatoms. The van der Waals surface area contributed by atoms with Crippen molar-refractivity contribution >= 4 is 69.9 Å². The van der Waals surface area contributed by atoms with Gasteiger partial charge in [-0.05, 0) is 35.4 Å². The average Bonchev–Trinajstić information content (AvgIpc) is 3.90. The number of pyridine rings is 2. The Hall–Kier alpha value is -4.96. The van der Waals surface area contributed by atoms with Crippen molar-refractivity contribution in [1.82, 2.24) is 9.97 Å². The Labute approximate surface area is 350 Å². The van der Waals surface area contributed by atoms with Crippen molar-refractivity contribution in [2.75, 3.05) is 0 Å². The van der Waals surface area contributed by atoms with Gasteiger partial charge in [0.2, 0.25) is 0 Å². The van der Waals surface area contributed by atoms with Crippen LogP contribution in [0, 0.1) is 0 Å². The second-order valence-electron chi connectivity index (χ2n) is 13.2. The summed E-state index contributed by atoms with van der Waals surface area (Å²) in [5, 5.41) is 7.43. The van der Waals surface area contributed by atoms with Gasteiger partial charge in [0.1, 0.15) is 0 Å². The maximum Gasteiger partial charge on any atom is 0.0702 e. The van der Waals surface area contributed by atoms with Crippen LogP contribution in [0.25, 0.3) is 87.9 Å². The van der Waals surface area contributed by atoms with Gasteiger partial charge in [0.15, 0.2) is 0 Å². The zero-order valence-electron chi connectivity index (χ0n) is 31.1. The summed E-state index contributed by atoms with van der Waals surface area (Å²) in [6.45, 7) is 4.31. The number of hydrogen-bond acceptors (Lipinski definition) is 2. The van der Waals surface area contributed by atoms with E-state index in [0.29, 0.717) is 0 Å². The molecule has 0 spiro atoms. The third-order valence-electron chi connectivity index (χ3n) is 9.52. The molecule has 0 saturated carbocycles. The summed E-state index contributed by atoms with van der Waals surface area (Å²) in [4.78, 5) is 9.26. The number of nitrogens with zero attached hydrogens (tertiary/aromatic N) is 2. The van der Waals surface area contributed by atoms with Gasteiger partial charge in [-0.25, -0.2) is 0 Å². The van der Waals surface area contributed by atoms with Crippen LogP contribution in [0.15, 0.2) is 194 Å². The molecule has 56 heavy (non-hydrogen) atoms. The van der Waals surface area contributed by atoms with E-state index in [9.17, 15) is 0 Å². The van der Waals surface area contributed by atoms with Crippen molar-refractivity contribution in [1.29, 1.82) is 0 Å². The van der Waals surface area contributed by atoms with E-state index in [-0.39, 0.29) is 0 Å². The van der Waals surface area contributed by atoms with E-state index >= 15 is 0 Å². The molecular weight excluding hydrogens is 819 g/mol. The number of fused-ring (bicyclic) bond motifs is 4. The topological polar surface area (TPSA) is 25.8 Å². The third-order valence-corrected chi connectivity index (χ3v) is 9.52. The van der Waals surface area contributed by atoms with Gasteiger partial charge >= 0.3 is 37.9 Å². The number of hydrogen-bond donors (Lipinski definition) is 0. The van der Waals surface area contributed by atoms with E-state index < -0.39 is 20.8 Å². The number of rotatable bonds is 4. The second kappa shape index (κ2) is 19.3. The van der Waals surface area contributed by atoms with E-state index in [2.05, 4.69) is 193 Å². The van der Waals surface area contributed by atoms with Gasteiger partial charge in [-0.2, -0.15) is 0 Å². The molecule has 0 atom stereocenters. The first-order chi connectivity index (χ1) is 27.6. The summed E-state index contributed by atoms with van der Waals surface area (Å²) < 4.78 is 0. The molecule has 270 valence electrons. The van der Waals surface area contributed by atoms with Crippen molar-refractivity contribution in [2.45, 2.75) is 13.1 Å². The molecule has 0 amide bonds. The van der Waals surface area contributed by atoms with Crippen LogP contribution in [-0.4, -0.2) is 19.5 Å². The van der Waals surface area contributed by atoms with E-state index in [1.807, 2.05) is 24.5 Å². The van der Waals surface area contributed by atoms with Gasteiger partial charge in [0, 0.05) is 32.7 Å². The van der Waals surface area contributed by atoms with Crippen LogP contribution < -0.4 is 0 Å². The quantitative estimate of drug-likeness (QED) is 0.130. The van der Waals surface area contributed by atoms with Crippen molar-refractivity contribution in [3.8, 4) is 44.5 Å². The van der Waals surface area contributed by atoms with Crippen molar-refractivity contribution in [3.63, 3.8) is 0 Å². The molecule has 0 saturated heterocycles. The summed E-state index contributed by atoms with van der Waals surface area (Å²) in [6, 6.07) is 64.1. The Balaban J connectivity index is 0.000000151. The molecule has 0 unspecified atom stereocenters. The largest absolute Gasteiger partial charge is 0.256 e. The van der Waals surface area contributed by atoms with Crippen LogP contribution in [0.1, 0.15) is 0 Å². The normalized spacial score (nSPS) is 10.5. The molecule has 0 aliphatic heterocycles. The van der Waals surface area contributed by atoms with Crippen LogP contribution >= 0.6 is 17.0 Å². The Morgan fingerprint density at radius 3 is 1.23 bits per heavy atom. The summed E-state index contributed by atoms with van der Waals surface area (Å²) in [5.41, 5.74) is 11.9. The molecule has 8 aromatic carbocycles. The summed E-state index contributed by atoms with van der Waals surface area (Å²) in [7, 11) is 11.0. The molecule has 0 fully saturated rings. The SMILES string of the molecule is C[Si]C.[Cl][Zr+2][Cl].c1ccc(-c2cc3c(-c4cnc5ccccc5c4)cccc3[cH-]2)cc1.c1ccc(-c2cc3c(-c4cnc5ccccc5c4)cccc3[cH-]2)cc1. The Kier molecular flexibility index (Phi) is 13.5. The van der Waals surface area contributed by atoms with E-state index in [4.69, 9.17) is 17.0 Å². The molecule has 10 rings (SSSR count). The predicted octanol–water partition coefficient (Wildman–Crippen LogP) is 15.0. The Morgan fingerprint density at radius 2 is 0.821 bits per heavy atom. The van der Waals surface area contributed by atoms with Gasteiger partial charge in [0.05, 0.1) is 11.0 Å². The molecule has 0 N–H and O–H groups in total. The minimum atomic E-state index is -0.826. The number of halogens is 2. The second-order valence-corrected chi connectivity index (χ2v) is 18.0. The molecule has 0 aliphatic rings. The molecule has 10 aromatic rings. The monoisotopic (exact) mass is 854 g/mol. The van der Waals surface area contributed by atoms with Crippen molar-refractivity contribution < 1.29 is 20.8 Å². The van der Waals surface area contributed by atoms with Gasteiger partial charge in [-0.15, -0.1) is 69.1 Å². The Morgan fingerprint density at radius 1 is 0.446 bits per heavy atom. The zero-order valence-corrected chi connectivity index (χ0v) is 36.1. The van der Waals surface area contributed by atoms with E-state index in [1.165, 1.54) is 65.7 Å². The summed E-state index contributed by atoms with van der Waals surface area (Å²) >= 11 is -0.826. The van der Waals surface area contributed by atoms with Crippen LogP contribution in [0.3, 0.4) is 0 Å². The molecular formula is C50H38Cl2N2SiZr. The molecule has 0 aliphatic carbocycles. The minimum absolute atomic E-state index is 0.826. The maximum atomic E-state index is 4.93. The van der Waals surface area contributed by atoms with Gasteiger partial charge in [-0.3, -0.25) is 9.97 Å². The predicted molar refractivity (Wildman–Crippen MR) is 241 cm³/mol. The molecule has 2 aromatic heterocycles. The summed E-state index contributed by atoms with van der Waals surface area (Å²) in [6.07, 6.45) is 3.96. The third kappa shape index (κ3) is 9.18. The molecule has 2 radical (unpaired) electrons. The van der Waals surface area contributed by atoms with Crippen LogP contribution in [-0.2, 0) is 20.8 Å². The first-order valence-electron chi connectivity index (χ1n) is 18.3. The fraction of sp³-hybridized carbons (Fsp3) is 0.0400. The smallest absolute Gasteiger partial charge is 0.0702 e. The molecule has 0 bridgehead atoms. The average molecular weight is 857 g/mol. The standard InChI is InChI=1S/2C24H16N.C2H6Si.2ClH.Zr/c2*1-2-7-17(8-3-1)20-13-18-10-6-11-22(23(18)15-20)21-14-19-9-4-5-12-24(19)25-16-21;1-3-2;;;/h2*1-16H;1-2H3;2*1H;/q2*-1;;;;+4/p-2. The van der Waals surface area contributed by atoms with Gasteiger partial charge in [0.25, 0.3) is 0 Å². The van der Waals surface area contributed by atoms with Gasteiger partial charge in [-0.1, -0.05) is 157 Å². The summed E-state index contributed by atoms with van der Waals surface area (Å²) in [5.74, 6) is 0. The van der Waals surface area contributed by atoms with Crippen LogP contribution in [0.5, 0.6) is 0 Å². The first-order valence-corrected chi connectivity index (χ1v) is 26.7. The first kappa shape index (κ1) is 39.3. The fourth-order valence-electron chi connectivity index (χ4n) is 7.00. The van der Waals surface area contributed by atoms with E-state index in [1.54, 1.807) is 0 Å². The molecule has 2 nitrogen and oxygen atoms in total. The zero-order chi connectivity index (χ0) is 38.7.